The molecule has 4 rings (SSSR count). The molecular formula is C19H17N7O. The molecule has 27 heavy (non-hydrogen) atoms. The van der Waals surface area contributed by atoms with Gasteiger partial charge < -0.3 is 22.3 Å². The molecule has 0 spiro atoms. The van der Waals surface area contributed by atoms with Crippen LogP contribution in [0.25, 0.3) is 22.4 Å². The molecule has 0 atom stereocenters. The average Bonchev–Trinajstić information content (AvgIpc) is 2.64. The molecule has 134 valence electrons. The van der Waals surface area contributed by atoms with Crippen molar-refractivity contribution in [2.24, 2.45) is 0 Å². The number of rotatable bonds is 3. The van der Waals surface area contributed by atoms with Gasteiger partial charge in [0.2, 0.25) is 5.95 Å². The van der Waals surface area contributed by atoms with Gasteiger partial charge in [0.15, 0.2) is 22.8 Å². The van der Waals surface area contributed by atoms with Crippen LogP contribution in [-0.2, 0) is 6.42 Å². The van der Waals surface area contributed by atoms with Crippen LogP contribution >= 0.6 is 0 Å². The molecule has 0 unspecified atom stereocenters. The van der Waals surface area contributed by atoms with E-state index in [9.17, 15) is 5.11 Å². The first-order valence-corrected chi connectivity index (χ1v) is 8.23. The van der Waals surface area contributed by atoms with Crippen LogP contribution in [0.1, 0.15) is 11.1 Å². The number of phenolic OH excluding ortho intramolecular Hbond substituents is 1. The van der Waals surface area contributed by atoms with Crippen LogP contribution in [0.5, 0.6) is 5.75 Å². The molecule has 0 bridgehead atoms. The lowest BCUT2D eigenvalue weighted by molar-refractivity contribution is 0.469. The topological polar surface area (TPSA) is 150 Å². The quantitative estimate of drug-likeness (QED) is 0.434. The summed E-state index contributed by atoms with van der Waals surface area (Å²) in [5.41, 5.74) is 21.3. The van der Waals surface area contributed by atoms with Crippen molar-refractivity contribution in [1.29, 1.82) is 0 Å². The van der Waals surface area contributed by atoms with Crippen molar-refractivity contribution in [3.63, 3.8) is 0 Å². The van der Waals surface area contributed by atoms with E-state index in [1.165, 1.54) is 0 Å². The second-order valence-corrected chi connectivity index (χ2v) is 6.10. The third-order valence-corrected chi connectivity index (χ3v) is 4.22. The monoisotopic (exact) mass is 359 g/mol. The van der Waals surface area contributed by atoms with Gasteiger partial charge in [-0.2, -0.15) is 9.97 Å². The van der Waals surface area contributed by atoms with Gasteiger partial charge in [0.1, 0.15) is 11.4 Å². The van der Waals surface area contributed by atoms with Crippen LogP contribution in [0.3, 0.4) is 0 Å². The van der Waals surface area contributed by atoms with Gasteiger partial charge in [0.25, 0.3) is 0 Å². The van der Waals surface area contributed by atoms with Crippen LogP contribution in [0.2, 0.25) is 0 Å². The number of anilines is 3. The number of hydrogen-bond donors (Lipinski definition) is 4. The molecule has 0 radical (unpaired) electrons. The van der Waals surface area contributed by atoms with Gasteiger partial charge in [-0.25, -0.2) is 9.97 Å². The first-order valence-electron chi connectivity index (χ1n) is 8.23. The Morgan fingerprint density at radius 3 is 2.26 bits per heavy atom. The minimum atomic E-state index is 0.0231. The standard InChI is InChI=1S/C19H17N7O/c20-16-14(23-15-17(21)25-19(22)26-18(15)24-16)11-7-5-10(6-8-11)9-12-3-1-2-4-13(12)27/h1-8,27H,9H2,(H6,20,21,22,24,25,26). The Hall–Kier alpha value is -3.94. The number of hydrogen-bond acceptors (Lipinski definition) is 8. The van der Waals surface area contributed by atoms with E-state index in [-0.39, 0.29) is 29.0 Å². The summed E-state index contributed by atoms with van der Waals surface area (Å²) in [5, 5.41) is 9.92. The fraction of sp³-hybridized carbons (Fsp3) is 0.0526. The van der Waals surface area contributed by atoms with Crippen molar-refractivity contribution in [1.82, 2.24) is 19.9 Å². The maximum atomic E-state index is 9.92. The number of nitrogens with two attached hydrogens (primary N) is 3. The molecule has 0 saturated carbocycles. The largest absolute Gasteiger partial charge is 0.508 e. The van der Waals surface area contributed by atoms with Gasteiger partial charge in [-0.1, -0.05) is 42.5 Å². The zero-order valence-corrected chi connectivity index (χ0v) is 14.3. The Labute approximate surface area is 154 Å². The second kappa shape index (κ2) is 6.41. The number of para-hydroxylation sites is 1. The first kappa shape index (κ1) is 16.5. The fourth-order valence-corrected chi connectivity index (χ4v) is 2.87. The highest BCUT2D eigenvalue weighted by Crippen LogP contribution is 2.27. The fourth-order valence-electron chi connectivity index (χ4n) is 2.87. The summed E-state index contributed by atoms with van der Waals surface area (Å²) in [4.78, 5) is 16.7. The highest BCUT2D eigenvalue weighted by atomic mass is 16.3. The lowest BCUT2D eigenvalue weighted by Crippen LogP contribution is -2.06. The van der Waals surface area contributed by atoms with Crippen LogP contribution in [-0.4, -0.2) is 25.0 Å². The van der Waals surface area contributed by atoms with Crippen molar-refractivity contribution in [3.05, 3.63) is 59.7 Å². The van der Waals surface area contributed by atoms with E-state index in [4.69, 9.17) is 17.2 Å². The summed E-state index contributed by atoms with van der Waals surface area (Å²) in [6.45, 7) is 0. The first-order chi connectivity index (χ1) is 13.0. The minimum Gasteiger partial charge on any atom is -0.508 e. The van der Waals surface area contributed by atoms with E-state index in [0.717, 1.165) is 16.7 Å². The lowest BCUT2D eigenvalue weighted by Gasteiger charge is -2.09. The van der Waals surface area contributed by atoms with E-state index >= 15 is 0 Å². The maximum Gasteiger partial charge on any atom is 0.224 e. The molecule has 0 fully saturated rings. The Morgan fingerprint density at radius 1 is 0.778 bits per heavy atom. The molecule has 2 aromatic carbocycles. The predicted octanol–water partition coefficient (Wildman–Crippen LogP) is 2.13. The highest BCUT2D eigenvalue weighted by molar-refractivity contribution is 5.87. The number of phenols is 1. The molecule has 0 amide bonds. The van der Waals surface area contributed by atoms with Crippen molar-refractivity contribution in [3.8, 4) is 17.0 Å². The van der Waals surface area contributed by atoms with Crippen LogP contribution < -0.4 is 17.2 Å². The second-order valence-electron chi connectivity index (χ2n) is 6.10. The van der Waals surface area contributed by atoms with E-state index in [0.29, 0.717) is 17.6 Å². The van der Waals surface area contributed by atoms with Crippen molar-refractivity contribution < 1.29 is 5.11 Å². The van der Waals surface area contributed by atoms with Crippen molar-refractivity contribution in [2.75, 3.05) is 17.2 Å². The summed E-state index contributed by atoms with van der Waals surface area (Å²) in [7, 11) is 0. The molecule has 8 heteroatoms. The Bertz CT molecular complexity index is 1140. The van der Waals surface area contributed by atoms with Gasteiger partial charge >= 0.3 is 0 Å². The molecule has 0 aliphatic rings. The van der Waals surface area contributed by atoms with Crippen molar-refractivity contribution >= 4 is 28.7 Å². The molecule has 0 saturated heterocycles. The minimum absolute atomic E-state index is 0.0231. The molecular weight excluding hydrogens is 342 g/mol. The zero-order valence-electron chi connectivity index (χ0n) is 14.3. The van der Waals surface area contributed by atoms with Crippen LogP contribution in [0.4, 0.5) is 17.6 Å². The molecule has 0 aliphatic heterocycles. The normalized spacial score (nSPS) is 11.0. The molecule has 8 nitrogen and oxygen atoms in total. The van der Waals surface area contributed by atoms with E-state index < -0.39 is 0 Å². The average molecular weight is 359 g/mol. The van der Waals surface area contributed by atoms with Crippen molar-refractivity contribution in [2.45, 2.75) is 6.42 Å². The van der Waals surface area contributed by atoms with Gasteiger partial charge in [0.05, 0.1) is 0 Å². The third kappa shape index (κ3) is 3.15. The van der Waals surface area contributed by atoms with Gasteiger partial charge in [-0.3, -0.25) is 0 Å². The molecule has 2 heterocycles. The highest BCUT2D eigenvalue weighted by Gasteiger charge is 2.13. The maximum absolute atomic E-state index is 9.92. The zero-order chi connectivity index (χ0) is 19.0. The summed E-state index contributed by atoms with van der Waals surface area (Å²) in [6, 6.07) is 15.0. The van der Waals surface area contributed by atoms with Gasteiger partial charge in [-0.05, 0) is 17.2 Å². The predicted molar refractivity (Wildman–Crippen MR) is 105 cm³/mol. The smallest absolute Gasteiger partial charge is 0.224 e. The Morgan fingerprint density at radius 2 is 1.52 bits per heavy atom. The number of fused-ring (bicyclic) bond motifs is 1. The van der Waals surface area contributed by atoms with Gasteiger partial charge in [0, 0.05) is 12.0 Å². The summed E-state index contributed by atoms with van der Waals surface area (Å²) < 4.78 is 0. The molecule has 2 aromatic heterocycles. The SMILES string of the molecule is Nc1nc(N)c2nc(-c3ccc(Cc4ccccc4O)cc3)c(N)nc2n1. The lowest BCUT2D eigenvalue weighted by atomic mass is 10.0. The molecule has 4 aromatic rings. The van der Waals surface area contributed by atoms with Gasteiger partial charge in [-0.15, -0.1) is 0 Å². The Balaban J connectivity index is 1.69. The number of nitrogen functional groups attached to an aromatic ring is 3. The number of aromatic hydroxyl groups is 1. The van der Waals surface area contributed by atoms with E-state index in [1.807, 2.05) is 36.4 Å². The van der Waals surface area contributed by atoms with E-state index in [1.54, 1.807) is 12.1 Å². The summed E-state index contributed by atoms with van der Waals surface area (Å²) in [6.07, 6.45) is 0.617. The van der Waals surface area contributed by atoms with Crippen LogP contribution in [0, 0.1) is 0 Å². The van der Waals surface area contributed by atoms with Crippen LogP contribution in [0.15, 0.2) is 48.5 Å². The Kier molecular flexibility index (Phi) is 3.92. The third-order valence-electron chi connectivity index (χ3n) is 4.22. The number of nitrogens with zero attached hydrogens (tertiary/aromatic N) is 4. The molecule has 0 aliphatic carbocycles. The molecule has 7 N–H and O–H groups in total. The number of aromatic nitrogens is 4. The van der Waals surface area contributed by atoms with E-state index in [2.05, 4.69) is 19.9 Å². The summed E-state index contributed by atoms with van der Waals surface area (Å²) >= 11 is 0. The number of benzene rings is 2. The summed E-state index contributed by atoms with van der Waals surface area (Å²) in [5.74, 6) is 0.687.